The number of benzene rings is 2. The predicted octanol–water partition coefficient (Wildman–Crippen LogP) is 3.80. The van der Waals surface area contributed by atoms with Crippen molar-refractivity contribution in [2.75, 3.05) is 0 Å². The van der Waals surface area contributed by atoms with Crippen LogP contribution in [0.4, 0.5) is 0 Å². The summed E-state index contributed by atoms with van der Waals surface area (Å²) in [6.45, 7) is 7.05. The Morgan fingerprint density at radius 2 is 1.89 bits per heavy atom. The molecule has 0 heterocycles. The van der Waals surface area contributed by atoms with Crippen LogP contribution in [0.5, 0.6) is 0 Å². The molecule has 0 bridgehead atoms. The van der Waals surface area contributed by atoms with E-state index in [1.807, 2.05) is 49.4 Å². The van der Waals surface area contributed by atoms with Gasteiger partial charge < -0.3 is 4.74 Å². The highest BCUT2D eigenvalue weighted by Gasteiger charge is 2.27. The van der Waals surface area contributed by atoms with Crippen molar-refractivity contribution in [1.82, 2.24) is 0 Å². The Morgan fingerprint density at radius 1 is 1.22 bits per heavy atom. The summed E-state index contributed by atoms with van der Waals surface area (Å²) >= 11 is 0. The van der Waals surface area contributed by atoms with Gasteiger partial charge in [-0.05, 0) is 23.8 Å². The minimum Gasteiger partial charge on any atom is -0.450 e. The molecule has 0 aliphatic heterocycles. The van der Waals surface area contributed by atoms with Gasteiger partial charge in [-0.15, -0.1) is 0 Å². The first-order chi connectivity index (χ1) is 8.57. The van der Waals surface area contributed by atoms with E-state index in [4.69, 9.17) is 4.74 Å². The molecule has 0 saturated carbocycles. The first-order valence-electron chi connectivity index (χ1n) is 5.88. The van der Waals surface area contributed by atoms with Crippen LogP contribution in [0.15, 0.2) is 55.1 Å². The third-order valence-electron chi connectivity index (χ3n) is 3.07. The topological polar surface area (TPSA) is 26.3 Å². The molecule has 0 spiro atoms. The predicted molar refractivity (Wildman–Crippen MR) is 73.3 cm³/mol. The van der Waals surface area contributed by atoms with Gasteiger partial charge in [0, 0.05) is 12.5 Å². The van der Waals surface area contributed by atoms with E-state index in [2.05, 4.69) is 6.58 Å². The average Bonchev–Trinajstić information content (AvgIpc) is 2.37. The second kappa shape index (κ2) is 4.65. The first kappa shape index (κ1) is 12.4. The highest BCUT2D eigenvalue weighted by atomic mass is 16.6. The highest BCUT2D eigenvalue weighted by Crippen LogP contribution is 2.32. The van der Waals surface area contributed by atoms with Gasteiger partial charge in [-0.25, -0.2) is 0 Å². The van der Waals surface area contributed by atoms with Gasteiger partial charge in [-0.3, -0.25) is 4.79 Å². The van der Waals surface area contributed by atoms with E-state index in [-0.39, 0.29) is 5.97 Å². The maximum atomic E-state index is 11.3. The van der Waals surface area contributed by atoms with Crippen LogP contribution in [-0.2, 0) is 15.1 Å². The Kier molecular flexibility index (Phi) is 3.19. The van der Waals surface area contributed by atoms with Crippen molar-refractivity contribution in [3.8, 4) is 0 Å². The van der Waals surface area contributed by atoms with Crippen LogP contribution < -0.4 is 0 Å². The van der Waals surface area contributed by atoms with E-state index >= 15 is 0 Å². The van der Waals surface area contributed by atoms with Gasteiger partial charge in [-0.1, -0.05) is 49.0 Å². The lowest BCUT2D eigenvalue weighted by molar-refractivity contribution is -0.151. The maximum absolute atomic E-state index is 11.3. The van der Waals surface area contributed by atoms with Crippen LogP contribution in [-0.4, -0.2) is 5.97 Å². The van der Waals surface area contributed by atoms with E-state index in [1.54, 1.807) is 6.08 Å². The number of carbonyl (C=O) groups is 1. The number of carbonyl (C=O) groups excluding carboxylic acids is 1. The fourth-order valence-corrected chi connectivity index (χ4v) is 2.16. The second-order valence-electron chi connectivity index (χ2n) is 4.43. The van der Waals surface area contributed by atoms with Crippen molar-refractivity contribution in [3.63, 3.8) is 0 Å². The zero-order chi connectivity index (χ0) is 13.2. The molecule has 2 rings (SSSR count). The number of rotatable bonds is 3. The molecule has 1 atom stereocenters. The summed E-state index contributed by atoms with van der Waals surface area (Å²) in [7, 11) is 0. The molecule has 2 aromatic carbocycles. The number of esters is 1. The molecule has 92 valence electrons. The Bertz CT molecular complexity index is 596. The molecular formula is C16H16O2. The first-order valence-corrected chi connectivity index (χ1v) is 5.88. The molecule has 0 saturated heterocycles. The van der Waals surface area contributed by atoms with E-state index in [0.29, 0.717) is 0 Å². The third-order valence-corrected chi connectivity index (χ3v) is 3.07. The Morgan fingerprint density at radius 3 is 2.56 bits per heavy atom. The van der Waals surface area contributed by atoms with Gasteiger partial charge in [-0.2, -0.15) is 0 Å². The molecular weight excluding hydrogens is 224 g/mol. The normalized spacial score (nSPS) is 13.9. The summed E-state index contributed by atoms with van der Waals surface area (Å²) in [6.07, 6.45) is 1.66. The summed E-state index contributed by atoms with van der Waals surface area (Å²) < 4.78 is 5.42. The standard InChI is InChI=1S/C16H16O2/c1-4-16(3,18-12(2)17)15-11-7-9-13-8-5-6-10-14(13)15/h4-11H,1H2,2-3H3. The third kappa shape index (κ3) is 2.14. The average molecular weight is 240 g/mol. The summed E-state index contributed by atoms with van der Waals surface area (Å²) in [5.41, 5.74) is 0.151. The smallest absolute Gasteiger partial charge is 0.303 e. The van der Waals surface area contributed by atoms with E-state index < -0.39 is 5.60 Å². The summed E-state index contributed by atoms with van der Waals surface area (Å²) in [5, 5.41) is 2.19. The quantitative estimate of drug-likeness (QED) is 0.602. The van der Waals surface area contributed by atoms with Crippen molar-refractivity contribution in [3.05, 3.63) is 60.7 Å². The Labute approximate surface area is 107 Å². The minimum absolute atomic E-state index is 0.315. The summed E-state index contributed by atoms with van der Waals surface area (Å²) in [6, 6.07) is 14.0. The molecule has 0 radical (unpaired) electrons. The number of fused-ring (bicyclic) bond motifs is 1. The zero-order valence-corrected chi connectivity index (χ0v) is 10.6. The van der Waals surface area contributed by atoms with Gasteiger partial charge in [0.1, 0.15) is 0 Å². The van der Waals surface area contributed by atoms with Crippen LogP contribution in [0.3, 0.4) is 0 Å². The summed E-state index contributed by atoms with van der Waals surface area (Å²) in [4.78, 5) is 11.3. The SMILES string of the molecule is C=CC(C)(OC(C)=O)c1cccc2ccccc12. The Hall–Kier alpha value is -2.09. The van der Waals surface area contributed by atoms with E-state index in [0.717, 1.165) is 16.3 Å². The van der Waals surface area contributed by atoms with Crippen LogP contribution in [0.2, 0.25) is 0 Å². The lowest BCUT2D eigenvalue weighted by Crippen LogP contribution is -2.25. The van der Waals surface area contributed by atoms with Crippen LogP contribution in [0, 0.1) is 0 Å². The fourth-order valence-electron chi connectivity index (χ4n) is 2.16. The molecule has 0 fully saturated rings. The molecule has 0 aromatic heterocycles. The van der Waals surface area contributed by atoms with E-state index in [1.165, 1.54) is 6.92 Å². The number of hydrogen-bond acceptors (Lipinski definition) is 2. The molecule has 0 N–H and O–H groups in total. The van der Waals surface area contributed by atoms with Crippen LogP contribution in [0.25, 0.3) is 10.8 Å². The largest absolute Gasteiger partial charge is 0.450 e. The monoisotopic (exact) mass is 240 g/mol. The molecule has 2 heteroatoms. The number of ether oxygens (including phenoxy) is 1. The van der Waals surface area contributed by atoms with Crippen molar-refractivity contribution >= 4 is 16.7 Å². The molecule has 0 aliphatic carbocycles. The van der Waals surface area contributed by atoms with Crippen molar-refractivity contribution in [1.29, 1.82) is 0 Å². The fraction of sp³-hybridized carbons (Fsp3) is 0.188. The van der Waals surface area contributed by atoms with Gasteiger partial charge in [0.2, 0.25) is 0 Å². The summed E-state index contributed by atoms with van der Waals surface area (Å²) in [5.74, 6) is -0.315. The van der Waals surface area contributed by atoms with Crippen LogP contribution >= 0.6 is 0 Å². The molecule has 18 heavy (non-hydrogen) atoms. The van der Waals surface area contributed by atoms with Crippen LogP contribution in [0.1, 0.15) is 19.4 Å². The molecule has 0 aliphatic rings. The molecule has 0 amide bonds. The second-order valence-corrected chi connectivity index (χ2v) is 4.43. The minimum atomic E-state index is -0.799. The maximum Gasteiger partial charge on any atom is 0.303 e. The molecule has 2 aromatic rings. The van der Waals surface area contributed by atoms with E-state index in [9.17, 15) is 4.79 Å². The highest BCUT2D eigenvalue weighted by molar-refractivity contribution is 5.87. The lowest BCUT2D eigenvalue weighted by atomic mass is 9.91. The van der Waals surface area contributed by atoms with Gasteiger partial charge in [0.25, 0.3) is 0 Å². The van der Waals surface area contributed by atoms with Gasteiger partial charge in [0.05, 0.1) is 0 Å². The van der Waals surface area contributed by atoms with Gasteiger partial charge >= 0.3 is 5.97 Å². The zero-order valence-electron chi connectivity index (χ0n) is 10.6. The molecule has 2 nitrogen and oxygen atoms in total. The van der Waals surface area contributed by atoms with Crippen molar-refractivity contribution in [2.24, 2.45) is 0 Å². The van der Waals surface area contributed by atoms with Gasteiger partial charge in [0.15, 0.2) is 5.60 Å². The van der Waals surface area contributed by atoms with Crippen molar-refractivity contribution < 1.29 is 9.53 Å². The lowest BCUT2D eigenvalue weighted by Gasteiger charge is -2.27. The Balaban J connectivity index is 2.65. The molecule has 1 unspecified atom stereocenters. The number of hydrogen-bond donors (Lipinski definition) is 0. The van der Waals surface area contributed by atoms with Crippen molar-refractivity contribution in [2.45, 2.75) is 19.4 Å².